The van der Waals surface area contributed by atoms with Crippen molar-refractivity contribution in [3.63, 3.8) is 0 Å². The van der Waals surface area contributed by atoms with Gasteiger partial charge in [-0.2, -0.15) is 0 Å². The summed E-state index contributed by atoms with van der Waals surface area (Å²) in [4.78, 5) is 18.7. The summed E-state index contributed by atoms with van der Waals surface area (Å²) in [5.74, 6) is -0.153. The van der Waals surface area contributed by atoms with Crippen LogP contribution in [0.2, 0.25) is 0 Å². The molecule has 3 aromatic rings. The zero-order valence-corrected chi connectivity index (χ0v) is 13.7. The lowest BCUT2D eigenvalue weighted by atomic mass is 10.1. The van der Waals surface area contributed by atoms with Crippen molar-refractivity contribution in [1.29, 1.82) is 0 Å². The first-order valence-corrected chi connectivity index (χ1v) is 8.15. The maximum absolute atomic E-state index is 13.8. The van der Waals surface area contributed by atoms with Crippen LogP contribution in [-0.4, -0.2) is 35.0 Å². The van der Waals surface area contributed by atoms with E-state index in [-0.39, 0.29) is 17.6 Å². The molecule has 25 heavy (non-hydrogen) atoms. The van der Waals surface area contributed by atoms with Crippen LogP contribution in [0.3, 0.4) is 0 Å². The molecule has 5 nitrogen and oxygen atoms in total. The number of rotatable bonds is 3. The summed E-state index contributed by atoms with van der Waals surface area (Å²) in [6, 6.07) is 7.98. The number of carbonyl (C=O) groups excluding carboxylic acids is 1. The van der Waals surface area contributed by atoms with Crippen LogP contribution in [0.25, 0.3) is 11.0 Å². The van der Waals surface area contributed by atoms with Crippen LogP contribution >= 0.6 is 0 Å². The molecule has 0 saturated carbocycles. The van der Waals surface area contributed by atoms with E-state index in [0.29, 0.717) is 36.4 Å². The van der Waals surface area contributed by atoms with Gasteiger partial charge in [0.15, 0.2) is 0 Å². The lowest BCUT2D eigenvalue weighted by Crippen LogP contribution is -2.31. The molecule has 0 radical (unpaired) electrons. The minimum atomic E-state index is -0.451. The van der Waals surface area contributed by atoms with Gasteiger partial charge in [0, 0.05) is 30.6 Å². The Morgan fingerprint density at radius 1 is 1.36 bits per heavy atom. The average Bonchev–Trinajstić information content (AvgIpc) is 3.24. The van der Waals surface area contributed by atoms with Crippen molar-refractivity contribution in [2.75, 3.05) is 13.1 Å². The monoisotopic (exact) mass is 340 g/mol. The van der Waals surface area contributed by atoms with Gasteiger partial charge < -0.3 is 14.1 Å². The van der Waals surface area contributed by atoms with Gasteiger partial charge in [-0.15, -0.1) is 0 Å². The van der Waals surface area contributed by atoms with Crippen molar-refractivity contribution < 1.29 is 18.3 Å². The highest BCUT2D eigenvalue weighted by atomic mass is 19.1. The Hall–Kier alpha value is -2.89. The van der Waals surface area contributed by atoms with Crippen LogP contribution in [0.15, 0.2) is 47.2 Å². The number of fused-ring (bicyclic) bond motifs is 1. The van der Waals surface area contributed by atoms with Crippen LogP contribution in [-0.2, 0) is 0 Å². The second kappa shape index (κ2) is 6.20. The minimum absolute atomic E-state index is 0.125. The van der Waals surface area contributed by atoms with Gasteiger partial charge in [0.05, 0.1) is 18.4 Å². The van der Waals surface area contributed by atoms with Gasteiger partial charge >= 0.3 is 0 Å². The highest BCUT2D eigenvalue weighted by Gasteiger charge is 2.30. The zero-order valence-electron chi connectivity index (χ0n) is 13.7. The molecule has 0 N–H and O–H groups in total. The number of pyridine rings is 1. The van der Waals surface area contributed by atoms with E-state index in [4.69, 9.17) is 9.15 Å². The summed E-state index contributed by atoms with van der Waals surface area (Å²) in [7, 11) is 0. The number of amides is 1. The SMILES string of the molecule is Cc1ccc(OC2CCN(C(=O)c3cc(F)cc4ccoc34)C2)nc1. The van der Waals surface area contributed by atoms with Gasteiger partial charge in [-0.25, -0.2) is 9.37 Å². The van der Waals surface area contributed by atoms with Gasteiger partial charge in [-0.3, -0.25) is 4.79 Å². The third-order valence-electron chi connectivity index (χ3n) is 4.35. The van der Waals surface area contributed by atoms with Crippen molar-refractivity contribution in [1.82, 2.24) is 9.88 Å². The van der Waals surface area contributed by atoms with Crippen molar-refractivity contribution in [2.45, 2.75) is 19.4 Å². The summed E-state index contributed by atoms with van der Waals surface area (Å²) in [5, 5.41) is 0.583. The molecule has 1 saturated heterocycles. The van der Waals surface area contributed by atoms with Crippen LogP contribution < -0.4 is 4.74 Å². The number of carbonyl (C=O) groups is 1. The maximum atomic E-state index is 13.8. The molecule has 1 fully saturated rings. The second-order valence-electron chi connectivity index (χ2n) is 6.25. The predicted octanol–water partition coefficient (Wildman–Crippen LogP) is 3.57. The molecule has 3 heterocycles. The highest BCUT2D eigenvalue weighted by molar-refractivity contribution is 6.05. The topological polar surface area (TPSA) is 55.6 Å². The number of aryl methyl sites for hydroxylation is 1. The van der Waals surface area contributed by atoms with Crippen molar-refractivity contribution in [2.24, 2.45) is 0 Å². The normalized spacial score (nSPS) is 17.2. The summed E-state index contributed by atoms with van der Waals surface area (Å²) in [5.41, 5.74) is 1.72. The summed E-state index contributed by atoms with van der Waals surface area (Å²) in [6.07, 6.45) is 3.78. The predicted molar refractivity (Wildman–Crippen MR) is 90.1 cm³/mol. The lowest BCUT2D eigenvalue weighted by molar-refractivity contribution is 0.0771. The van der Waals surface area contributed by atoms with Crippen LogP contribution in [0, 0.1) is 12.7 Å². The molecule has 1 amide bonds. The molecule has 0 aliphatic carbocycles. The standard InChI is InChI=1S/C19H17FN2O3/c1-12-2-3-17(21-10-12)25-15-4-6-22(11-15)19(23)16-9-14(20)8-13-5-7-24-18(13)16/h2-3,5,7-10,15H,4,6,11H2,1H3. The molecule has 4 rings (SSSR count). The molecule has 1 aromatic carbocycles. The molecule has 1 aliphatic rings. The summed E-state index contributed by atoms with van der Waals surface area (Å²) >= 11 is 0. The molecule has 128 valence electrons. The first-order valence-electron chi connectivity index (χ1n) is 8.15. The third-order valence-corrected chi connectivity index (χ3v) is 4.35. The quantitative estimate of drug-likeness (QED) is 0.731. The second-order valence-corrected chi connectivity index (χ2v) is 6.25. The fourth-order valence-corrected chi connectivity index (χ4v) is 3.08. The lowest BCUT2D eigenvalue weighted by Gasteiger charge is -2.17. The summed E-state index contributed by atoms with van der Waals surface area (Å²) in [6.45, 7) is 2.95. The molecule has 0 spiro atoms. The number of likely N-dealkylation sites (tertiary alicyclic amines) is 1. The molecule has 1 atom stereocenters. The zero-order chi connectivity index (χ0) is 17.4. The van der Waals surface area contributed by atoms with E-state index >= 15 is 0 Å². The Balaban J connectivity index is 1.50. The number of benzene rings is 1. The Morgan fingerprint density at radius 2 is 2.24 bits per heavy atom. The largest absolute Gasteiger partial charge is 0.472 e. The van der Waals surface area contributed by atoms with E-state index in [1.165, 1.54) is 18.4 Å². The maximum Gasteiger partial charge on any atom is 0.257 e. The van der Waals surface area contributed by atoms with E-state index in [0.717, 1.165) is 5.56 Å². The molecule has 0 bridgehead atoms. The molecular formula is C19H17FN2O3. The van der Waals surface area contributed by atoms with Gasteiger partial charge in [0.2, 0.25) is 5.88 Å². The molecular weight excluding hydrogens is 323 g/mol. The Kier molecular flexibility index (Phi) is 3.87. The van der Waals surface area contributed by atoms with Gasteiger partial charge in [-0.05, 0) is 30.7 Å². The average molecular weight is 340 g/mol. The fraction of sp³-hybridized carbons (Fsp3) is 0.263. The summed E-state index contributed by atoms with van der Waals surface area (Å²) < 4.78 is 25.0. The van der Waals surface area contributed by atoms with Crippen molar-refractivity contribution in [3.05, 3.63) is 59.7 Å². The van der Waals surface area contributed by atoms with Gasteiger partial charge in [0.25, 0.3) is 5.91 Å². The number of halogens is 1. The minimum Gasteiger partial charge on any atom is -0.472 e. The Labute approximate surface area is 144 Å². The van der Waals surface area contributed by atoms with E-state index in [2.05, 4.69) is 4.98 Å². The Morgan fingerprint density at radius 3 is 3.04 bits per heavy atom. The number of nitrogens with zero attached hydrogens (tertiary/aromatic N) is 2. The smallest absolute Gasteiger partial charge is 0.257 e. The number of ether oxygens (including phenoxy) is 1. The number of hydrogen-bond donors (Lipinski definition) is 0. The first kappa shape index (κ1) is 15.6. The van der Waals surface area contributed by atoms with Crippen LogP contribution in [0.4, 0.5) is 4.39 Å². The molecule has 2 aromatic heterocycles. The van der Waals surface area contributed by atoms with Gasteiger partial charge in [-0.1, -0.05) is 6.07 Å². The number of hydrogen-bond acceptors (Lipinski definition) is 4. The van der Waals surface area contributed by atoms with E-state index in [1.54, 1.807) is 17.2 Å². The van der Waals surface area contributed by atoms with Crippen LogP contribution in [0.5, 0.6) is 5.88 Å². The number of furan rings is 1. The first-order chi connectivity index (χ1) is 12.1. The molecule has 1 unspecified atom stereocenters. The van der Waals surface area contributed by atoms with E-state index in [9.17, 15) is 9.18 Å². The fourth-order valence-electron chi connectivity index (χ4n) is 3.08. The van der Waals surface area contributed by atoms with E-state index < -0.39 is 5.82 Å². The molecule has 1 aliphatic heterocycles. The van der Waals surface area contributed by atoms with Crippen molar-refractivity contribution in [3.8, 4) is 5.88 Å². The molecule has 6 heteroatoms. The highest BCUT2D eigenvalue weighted by Crippen LogP contribution is 2.25. The third kappa shape index (κ3) is 3.07. The van der Waals surface area contributed by atoms with Gasteiger partial charge in [0.1, 0.15) is 17.5 Å². The van der Waals surface area contributed by atoms with Crippen LogP contribution in [0.1, 0.15) is 22.3 Å². The van der Waals surface area contributed by atoms with E-state index in [1.807, 2.05) is 19.1 Å². The number of aromatic nitrogens is 1. The van der Waals surface area contributed by atoms with Crippen molar-refractivity contribution >= 4 is 16.9 Å². The Bertz CT molecular complexity index is 920.